The van der Waals surface area contributed by atoms with E-state index in [4.69, 9.17) is 11.6 Å². The van der Waals surface area contributed by atoms with Gasteiger partial charge in [0.05, 0.1) is 12.2 Å². The number of H-pyrrole nitrogens is 1. The van der Waals surface area contributed by atoms with Gasteiger partial charge in [0, 0.05) is 28.0 Å². The smallest absolute Gasteiger partial charge is 0.320 e. The zero-order chi connectivity index (χ0) is 11.8. The van der Waals surface area contributed by atoms with E-state index in [-0.39, 0.29) is 12.1 Å². The quantitative estimate of drug-likeness (QED) is 0.725. The number of aromatic amines is 1. The molecule has 0 fully saturated rings. The van der Waals surface area contributed by atoms with Gasteiger partial charge in [-0.25, -0.2) is 4.79 Å². The highest BCUT2D eigenvalue weighted by Gasteiger charge is 2.26. The standard InChI is InChI=1S/C11H9ClN4O/c12-7-1-2-9-8(3-7)10(16-11(17)15-9)6-4-13-14-5-6/h1-5,10H,(H,13,14)(H2,15,16,17). The van der Waals surface area contributed by atoms with E-state index >= 15 is 0 Å². The van der Waals surface area contributed by atoms with Crippen LogP contribution in [0.4, 0.5) is 10.5 Å². The average molecular weight is 249 g/mol. The fourth-order valence-corrected chi connectivity index (χ4v) is 2.12. The highest BCUT2D eigenvalue weighted by Crippen LogP contribution is 2.33. The van der Waals surface area contributed by atoms with Crippen molar-refractivity contribution in [2.45, 2.75) is 6.04 Å². The molecule has 1 aromatic carbocycles. The molecule has 0 saturated carbocycles. The molecule has 1 aliphatic rings. The molecule has 0 bridgehead atoms. The average Bonchev–Trinajstić information content (AvgIpc) is 2.82. The molecule has 3 N–H and O–H groups in total. The van der Waals surface area contributed by atoms with Crippen molar-refractivity contribution < 1.29 is 4.79 Å². The van der Waals surface area contributed by atoms with E-state index in [1.165, 1.54) is 0 Å². The minimum absolute atomic E-state index is 0.226. The fourth-order valence-electron chi connectivity index (χ4n) is 1.94. The van der Waals surface area contributed by atoms with E-state index in [0.29, 0.717) is 5.02 Å². The second-order valence-corrected chi connectivity index (χ2v) is 4.23. The summed E-state index contributed by atoms with van der Waals surface area (Å²) in [5, 5.41) is 12.8. The van der Waals surface area contributed by atoms with Gasteiger partial charge in [-0.05, 0) is 18.2 Å². The Morgan fingerprint density at radius 1 is 1.35 bits per heavy atom. The van der Waals surface area contributed by atoms with Gasteiger partial charge in [-0.3, -0.25) is 5.10 Å². The van der Waals surface area contributed by atoms with Crippen LogP contribution in [0.25, 0.3) is 0 Å². The van der Waals surface area contributed by atoms with Crippen LogP contribution < -0.4 is 10.6 Å². The third-order valence-electron chi connectivity index (χ3n) is 2.70. The van der Waals surface area contributed by atoms with Crippen molar-refractivity contribution in [1.82, 2.24) is 15.5 Å². The Hall–Kier alpha value is -2.01. The van der Waals surface area contributed by atoms with Crippen molar-refractivity contribution >= 4 is 23.3 Å². The number of nitrogens with one attached hydrogen (secondary N) is 3. The minimum Gasteiger partial charge on any atom is -0.327 e. The Balaban J connectivity index is 2.13. The lowest BCUT2D eigenvalue weighted by Crippen LogP contribution is -2.38. The van der Waals surface area contributed by atoms with Crippen molar-refractivity contribution in [1.29, 1.82) is 0 Å². The molecule has 86 valence electrons. The summed E-state index contributed by atoms with van der Waals surface area (Å²) < 4.78 is 0. The van der Waals surface area contributed by atoms with Crippen LogP contribution in [-0.4, -0.2) is 16.2 Å². The first-order chi connectivity index (χ1) is 8.24. The third kappa shape index (κ3) is 1.74. The van der Waals surface area contributed by atoms with Crippen LogP contribution in [0.2, 0.25) is 5.02 Å². The number of aromatic nitrogens is 2. The molecule has 0 aliphatic carbocycles. The van der Waals surface area contributed by atoms with Crippen molar-refractivity contribution in [2.24, 2.45) is 0 Å². The lowest BCUT2D eigenvalue weighted by atomic mass is 9.98. The molecule has 1 aromatic heterocycles. The number of carbonyl (C=O) groups is 1. The van der Waals surface area contributed by atoms with Gasteiger partial charge in [0.15, 0.2) is 0 Å². The van der Waals surface area contributed by atoms with Crippen LogP contribution in [-0.2, 0) is 0 Å². The van der Waals surface area contributed by atoms with Gasteiger partial charge >= 0.3 is 6.03 Å². The Labute approximate surface area is 102 Å². The SMILES string of the molecule is O=C1Nc2ccc(Cl)cc2C(c2cn[nH]c2)N1. The van der Waals surface area contributed by atoms with Crippen LogP contribution in [0, 0.1) is 0 Å². The highest BCUT2D eigenvalue weighted by molar-refractivity contribution is 6.30. The van der Waals surface area contributed by atoms with E-state index in [1.54, 1.807) is 24.5 Å². The molecule has 1 aliphatic heterocycles. The number of amides is 2. The number of halogens is 1. The summed E-state index contributed by atoms with van der Waals surface area (Å²) in [6.45, 7) is 0. The van der Waals surface area contributed by atoms with Crippen LogP contribution >= 0.6 is 11.6 Å². The molecule has 2 aromatic rings. The number of hydrogen-bond donors (Lipinski definition) is 3. The second-order valence-electron chi connectivity index (χ2n) is 3.79. The molecule has 0 saturated heterocycles. The molecule has 2 amide bonds. The maximum absolute atomic E-state index is 11.5. The number of carbonyl (C=O) groups excluding carboxylic acids is 1. The van der Waals surface area contributed by atoms with Gasteiger partial charge in [0.25, 0.3) is 0 Å². The van der Waals surface area contributed by atoms with E-state index in [2.05, 4.69) is 20.8 Å². The van der Waals surface area contributed by atoms with Gasteiger partial charge in [-0.1, -0.05) is 11.6 Å². The van der Waals surface area contributed by atoms with E-state index in [1.807, 2.05) is 6.07 Å². The first kappa shape index (κ1) is 10.2. The number of nitrogens with zero attached hydrogens (tertiary/aromatic N) is 1. The summed E-state index contributed by atoms with van der Waals surface area (Å²) in [5.41, 5.74) is 2.59. The summed E-state index contributed by atoms with van der Waals surface area (Å²) in [4.78, 5) is 11.5. The molecule has 3 rings (SSSR count). The zero-order valence-electron chi connectivity index (χ0n) is 8.70. The highest BCUT2D eigenvalue weighted by atomic mass is 35.5. The molecule has 6 heteroatoms. The summed E-state index contributed by atoms with van der Waals surface area (Å²) in [6.07, 6.45) is 3.43. The van der Waals surface area contributed by atoms with Gasteiger partial charge < -0.3 is 10.6 Å². The van der Waals surface area contributed by atoms with Crippen molar-refractivity contribution in [3.05, 3.63) is 46.7 Å². The maximum Gasteiger partial charge on any atom is 0.320 e. The van der Waals surface area contributed by atoms with Crippen LogP contribution in [0.1, 0.15) is 17.2 Å². The van der Waals surface area contributed by atoms with Gasteiger partial charge in [0.1, 0.15) is 0 Å². The normalized spacial score (nSPS) is 18.2. The molecule has 17 heavy (non-hydrogen) atoms. The number of urea groups is 1. The zero-order valence-corrected chi connectivity index (χ0v) is 9.45. The molecule has 5 nitrogen and oxygen atoms in total. The summed E-state index contributed by atoms with van der Waals surface area (Å²) in [6, 6.07) is 4.92. The van der Waals surface area contributed by atoms with Crippen molar-refractivity contribution in [2.75, 3.05) is 5.32 Å². The van der Waals surface area contributed by atoms with Crippen LogP contribution in [0.15, 0.2) is 30.6 Å². The lowest BCUT2D eigenvalue weighted by molar-refractivity contribution is 0.249. The van der Waals surface area contributed by atoms with Crippen LogP contribution in [0.5, 0.6) is 0 Å². The lowest BCUT2D eigenvalue weighted by Gasteiger charge is -2.26. The van der Waals surface area contributed by atoms with Gasteiger partial charge in [0.2, 0.25) is 0 Å². The predicted molar refractivity (Wildman–Crippen MR) is 64.0 cm³/mol. The first-order valence-electron chi connectivity index (χ1n) is 5.09. The Morgan fingerprint density at radius 2 is 2.24 bits per heavy atom. The molecule has 1 atom stereocenters. The largest absolute Gasteiger partial charge is 0.327 e. The van der Waals surface area contributed by atoms with E-state index in [9.17, 15) is 4.79 Å². The predicted octanol–water partition coefficient (Wildman–Crippen LogP) is 2.29. The molecular formula is C11H9ClN4O. The molecule has 0 radical (unpaired) electrons. The molecular weight excluding hydrogens is 240 g/mol. The topological polar surface area (TPSA) is 69.8 Å². The first-order valence-corrected chi connectivity index (χ1v) is 5.47. The minimum atomic E-state index is -0.231. The van der Waals surface area contributed by atoms with Crippen molar-refractivity contribution in [3.8, 4) is 0 Å². The Morgan fingerprint density at radius 3 is 3.00 bits per heavy atom. The fraction of sp³-hybridized carbons (Fsp3) is 0.0909. The third-order valence-corrected chi connectivity index (χ3v) is 2.94. The summed E-state index contributed by atoms with van der Waals surface area (Å²) in [5.74, 6) is 0. The number of anilines is 1. The van der Waals surface area contributed by atoms with E-state index in [0.717, 1.165) is 16.8 Å². The molecule has 1 unspecified atom stereocenters. The monoisotopic (exact) mass is 248 g/mol. The summed E-state index contributed by atoms with van der Waals surface area (Å²) in [7, 11) is 0. The van der Waals surface area contributed by atoms with Gasteiger partial charge in [-0.15, -0.1) is 0 Å². The molecule has 0 spiro atoms. The number of benzene rings is 1. The second kappa shape index (κ2) is 3.78. The van der Waals surface area contributed by atoms with Crippen molar-refractivity contribution in [3.63, 3.8) is 0 Å². The van der Waals surface area contributed by atoms with Crippen LogP contribution in [0.3, 0.4) is 0 Å². The number of rotatable bonds is 1. The van der Waals surface area contributed by atoms with E-state index < -0.39 is 0 Å². The Kier molecular flexibility index (Phi) is 2.26. The van der Waals surface area contributed by atoms with Gasteiger partial charge in [-0.2, -0.15) is 5.10 Å². The molecule has 2 heterocycles. The summed E-state index contributed by atoms with van der Waals surface area (Å²) >= 11 is 5.98. The maximum atomic E-state index is 11.5. The Bertz CT molecular complexity index is 567. The number of hydrogen-bond acceptors (Lipinski definition) is 2. The number of fused-ring (bicyclic) bond motifs is 1.